The van der Waals surface area contributed by atoms with Crippen LogP contribution in [0.25, 0.3) is 0 Å². The normalized spacial score (nSPS) is 11.6. The van der Waals surface area contributed by atoms with E-state index in [1.165, 1.54) is 35.6 Å². The van der Waals surface area contributed by atoms with Gasteiger partial charge in [-0.25, -0.2) is 13.2 Å². The van der Waals surface area contributed by atoms with E-state index in [4.69, 9.17) is 4.74 Å². The van der Waals surface area contributed by atoms with Crippen LogP contribution in [-0.4, -0.2) is 44.2 Å². The molecule has 0 saturated heterocycles. The van der Waals surface area contributed by atoms with Crippen molar-refractivity contribution in [2.45, 2.75) is 24.8 Å². The zero-order valence-corrected chi connectivity index (χ0v) is 17.6. The van der Waals surface area contributed by atoms with Crippen molar-refractivity contribution >= 4 is 37.7 Å². The van der Waals surface area contributed by atoms with Gasteiger partial charge in [-0.2, -0.15) is 4.31 Å². The predicted molar refractivity (Wildman–Crippen MR) is 105 cm³/mol. The van der Waals surface area contributed by atoms with Crippen LogP contribution in [0.1, 0.15) is 34.6 Å². The van der Waals surface area contributed by atoms with E-state index in [-0.39, 0.29) is 22.3 Å². The van der Waals surface area contributed by atoms with Crippen molar-refractivity contribution in [2.24, 2.45) is 0 Å². The maximum atomic E-state index is 12.5. The first-order valence-corrected chi connectivity index (χ1v) is 10.4. The van der Waals surface area contributed by atoms with E-state index in [0.29, 0.717) is 5.56 Å². The van der Waals surface area contributed by atoms with Crippen molar-refractivity contribution in [2.75, 3.05) is 13.7 Å². The average Bonchev–Trinajstić information content (AvgIpc) is 2.65. The van der Waals surface area contributed by atoms with Crippen LogP contribution in [-0.2, 0) is 14.8 Å². The number of ketones is 1. The van der Waals surface area contributed by atoms with Crippen LogP contribution in [0.15, 0.2) is 57.9 Å². The Kier molecular flexibility index (Phi) is 6.91. The molecule has 6 nitrogen and oxygen atoms in total. The largest absolute Gasteiger partial charge is 0.454 e. The Labute approximate surface area is 167 Å². The van der Waals surface area contributed by atoms with Crippen LogP contribution in [0.3, 0.4) is 0 Å². The number of hydrogen-bond acceptors (Lipinski definition) is 5. The SMILES string of the molecule is CC(C)N(C)S(=O)(=O)c1cccc(C(=O)OCC(=O)c2ccc(Br)cc2)c1. The smallest absolute Gasteiger partial charge is 0.338 e. The van der Waals surface area contributed by atoms with Gasteiger partial charge >= 0.3 is 5.97 Å². The molecule has 0 heterocycles. The van der Waals surface area contributed by atoms with Gasteiger partial charge < -0.3 is 4.74 Å². The van der Waals surface area contributed by atoms with E-state index in [1.54, 1.807) is 38.1 Å². The van der Waals surface area contributed by atoms with Gasteiger partial charge in [-0.3, -0.25) is 4.79 Å². The Morgan fingerprint density at radius 1 is 1.07 bits per heavy atom. The van der Waals surface area contributed by atoms with E-state index in [2.05, 4.69) is 15.9 Å². The van der Waals surface area contributed by atoms with Crippen LogP contribution >= 0.6 is 15.9 Å². The minimum atomic E-state index is -3.72. The number of benzene rings is 2. The monoisotopic (exact) mass is 453 g/mol. The molecular formula is C19H20BrNO5S. The number of ether oxygens (including phenoxy) is 1. The number of halogens is 1. The number of hydrogen-bond donors (Lipinski definition) is 0. The minimum absolute atomic E-state index is 0.00705. The molecule has 144 valence electrons. The standard InChI is InChI=1S/C19H20BrNO5S/c1-13(2)21(3)27(24,25)17-6-4-5-15(11-17)19(23)26-12-18(22)14-7-9-16(20)10-8-14/h4-11,13H,12H2,1-3H3. The molecule has 2 rings (SSSR count). The molecule has 0 saturated carbocycles. The van der Waals surface area contributed by atoms with Gasteiger partial charge in [0.2, 0.25) is 10.0 Å². The van der Waals surface area contributed by atoms with E-state index in [1.807, 2.05) is 0 Å². The fourth-order valence-electron chi connectivity index (χ4n) is 2.16. The summed E-state index contributed by atoms with van der Waals surface area (Å²) in [5.41, 5.74) is 0.484. The van der Waals surface area contributed by atoms with Gasteiger partial charge in [0, 0.05) is 23.1 Å². The van der Waals surface area contributed by atoms with Gasteiger partial charge in [-0.05, 0) is 44.2 Å². The zero-order chi connectivity index (χ0) is 20.2. The maximum Gasteiger partial charge on any atom is 0.338 e. The summed E-state index contributed by atoms with van der Waals surface area (Å²) in [7, 11) is -2.24. The highest BCUT2D eigenvalue weighted by Crippen LogP contribution is 2.18. The van der Waals surface area contributed by atoms with Crippen molar-refractivity contribution in [1.29, 1.82) is 0 Å². The number of carbonyl (C=O) groups is 2. The lowest BCUT2D eigenvalue weighted by molar-refractivity contribution is 0.0474. The molecule has 0 amide bonds. The topological polar surface area (TPSA) is 80.8 Å². The van der Waals surface area contributed by atoms with Crippen molar-refractivity contribution in [3.63, 3.8) is 0 Å². The van der Waals surface area contributed by atoms with Crippen LogP contribution in [0.2, 0.25) is 0 Å². The lowest BCUT2D eigenvalue weighted by Gasteiger charge is -2.21. The van der Waals surface area contributed by atoms with E-state index >= 15 is 0 Å². The molecule has 0 N–H and O–H groups in total. The lowest BCUT2D eigenvalue weighted by Crippen LogP contribution is -2.33. The fourth-order valence-corrected chi connectivity index (χ4v) is 3.84. The summed E-state index contributed by atoms with van der Waals surface area (Å²) >= 11 is 3.28. The van der Waals surface area contributed by atoms with Crippen LogP contribution in [0, 0.1) is 0 Å². The summed E-state index contributed by atoms with van der Waals surface area (Å²) in [5.74, 6) is -1.11. The fraction of sp³-hybridized carbons (Fsp3) is 0.263. The second-order valence-electron chi connectivity index (χ2n) is 6.15. The van der Waals surface area contributed by atoms with Gasteiger partial charge in [-0.15, -0.1) is 0 Å². The maximum absolute atomic E-state index is 12.5. The summed E-state index contributed by atoms with van der Waals surface area (Å²) in [4.78, 5) is 24.3. The van der Waals surface area contributed by atoms with Crippen molar-refractivity contribution in [3.8, 4) is 0 Å². The molecular weight excluding hydrogens is 434 g/mol. The Balaban J connectivity index is 2.11. The first kappa shape index (κ1) is 21.3. The minimum Gasteiger partial charge on any atom is -0.454 e. The molecule has 8 heteroatoms. The number of carbonyl (C=O) groups excluding carboxylic acids is 2. The quantitative estimate of drug-likeness (QED) is 0.473. The first-order chi connectivity index (χ1) is 12.6. The molecule has 0 aliphatic carbocycles. The molecule has 2 aromatic rings. The van der Waals surface area contributed by atoms with Crippen LogP contribution in [0.4, 0.5) is 0 Å². The Morgan fingerprint density at radius 3 is 2.30 bits per heavy atom. The second kappa shape index (κ2) is 8.77. The van der Waals surface area contributed by atoms with Crippen LogP contribution < -0.4 is 0 Å². The Bertz CT molecular complexity index is 939. The highest BCUT2D eigenvalue weighted by molar-refractivity contribution is 9.10. The van der Waals surface area contributed by atoms with Crippen molar-refractivity contribution < 1.29 is 22.7 Å². The van der Waals surface area contributed by atoms with E-state index in [0.717, 1.165) is 4.47 Å². The highest BCUT2D eigenvalue weighted by Gasteiger charge is 2.24. The molecule has 0 unspecified atom stereocenters. The number of Topliss-reactive ketones (excluding diaryl/α,β-unsaturated/α-hetero) is 1. The summed E-state index contributed by atoms with van der Waals surface area (Å²) < 4.78 is 32.2. The molecule has 2 aromatic carbocycles. The summed E-state index contributed by atoms with van der Waals surface area (Å²) in [5, 5.41) is 0. The number of nitrogens with zero attached hydrogens (tertiary/aromatic N) is 1. The molecule has 0 fully saturated rings. The molecule has 0 spiro atoms. The third-order valence-corrected chi connectivity index (χ3v) is 6.53. The summed E-state index contributed by atoms with van der Waals surface area (Å²) in [6.07, 6.45) is 0. The zero-order valence-electron chi connectivity index (χ0n) is 15.2. The van der Waals surface area contributed by atoms with Gasteiger partial charge in [0.1, 0.15) is 0 Å². The number of esters is 1. The van der Waals surface area contributed by atoms with Crippen LogP contribution in [0.5, 0.6) is 0 Å². The van der Waals surface area contributed by atoms with Crippen molar-refractivity contribution in [1.82, 2.24) is 4.31 Å². The van der Waals surface area contributed by atoms with Gasteiger partial charge in [0.15, 0.2) is 12.4 Å². The second-order valence-corrected chi connectivity index (χ2v) is 9.06. The van der Waals surface area contributed by atoms with Gasteiger partial charge in [-0.1, -0.05) is 34.1 Å². The molecule has 0 aliphatic rings. The summed E-state index contributed by atoms with van der Waals surface area (Å²) in [6, 6.07) is 12.0. The van der Waals surface area contributed by atoms with E-state index in [9.17, 15) is 18.0 Å². The molecule has 27 heavy (non-hydrogen) atoms. The van der Waals surface area contributed by atoms with Crippen molar-refractivity contribution in [3.05, 3.63) is 64.1 Å². The summed E-state index contributed by atoms with van der Waals surface area (Å²) in [6.45, 7) is 3.08. The Morgan fingerprint density at radius 2 is 1.70 bits per heavy atom. The first-order valence-electron chi connectivity index (χ1n) is 8.17. The molecule has 0 aliphatic heterocycles. The third-order valence-electron chi connectivity index (χ3n) is 3.97. The highest BCUT2D eigenvalue weighted by atomic mass is 79.9. The van der Waals surface area contributed by atoms with Gasteiger partial charge in [0.05, 0.1) is 10.5 Å². The molecule has 0 radical (unpaired) electrons. The third kappa shape index (κ3) is 5.24. The number of rotatable bonds is 7. The lowest BCUT2D eigenvalue weighted by atomic mass is 10.1. The van der Waals surface area contributed by atoms with E-state index < -0.39 is 22.6 Å². The Hall–Kier alpha value is -2.03. The van der Waals surface area contributed by atoms with Gasteiger partial charge in [0.25, 0.3) is 0 Å². The average molecular weight is 454 g/mol. The molecule has 0 atom stereocenters. The molecule has 0 bridgehead atoms. The predicted octanol–water partition coefficient (Wildman–Crippen LogP) is 3.52. The number of sulfonamides is 1. The molecule has 0 aromatic heterocycles.